The van der Waals surface area contributed by atoms with Gasteiger partial charge in [-0.2, -0.15) is 0 Å². The number of urea groups is 1. The first kappa shape index (κ1) is 21.1. The number of nitrogens with one attached hydrogen (secondary N) is 3. The molecule has 0 bridgehead atoms. The molecule has 0 saturated heterocycles. The van der Waals surface area contributed by atoms with Crippen LogP contribution >= 0.6 is 0 Å². The first-order chi connectivity index (χ1) is 13.5. The fourth-order valence-corrected chi connectivity index (χ4v) is 2.53. The van der Waals surface area contributed by atoms with Crippen molar-refractivity contribution in [2.45, 2.75) is 26.9 Å². The number of benzene rings is 1. The van der Waals surface area contributed by atoms with E-state index in [4.69, 9.17) is 0 Å². The van der Waals surface area contributed by atoms with Gasteiger partial charge in [-0.05, 0) is 43.2 Å². The summed E-state index contributed by atoms with van der Waals surface area (Å²) in [6.07, 6.45) is 1.73. The van der Waals surface area contributed by atoms with Crippen LogP contribution in [0.25, 0.3) is 0 Å². The van der Waals surface area contributed by atoms with E-state index in [0.717, 1.165) is 30.0 Å². The average Bonchev–Trinajstić information content (AvgIpc) is 2.72. The second kappa shape index (κ2) is 10.9. The van der Waals surface area contributed by atoms with Crippen molar-refractivity contribution < 1.29 is 14.0 Å². The molecule has 150 valence electrons. The Morgan fingerprint density at radius 3 is 2.18 bits per heavy atom. The molecular formula is C20H26FN5O2. The minimum absolute atomic E-state index is 0.139. The molecule has 1 aromatic heterocycles. The van der Waals surface area contributed by atoms with Crippen molar-refractivity contribution >= 4 is 17.8 Å². The van der Waals surface area contributed by atoms with E-state index in [-0.39, 0.29) is 24.8 Å². The van der Waals surface area contributed by atoms with Gasteiger partial charge in [0, 0.05) is 32.4 Å². The second-order valence-electron chi connectivity index (χ2n) is 6.14. The smallest absolute Gasteiger partial charge is 0.315 e. The highest BCUT2D eigenvalue weighted by Gasteiger charge is 2.07. The van der Waals surface area contributed by atoms with Crippen LogP contribution in [0.3, 0.4) is 0 Å². The van der Waals surface area contributed by atoms with Crippen LogP contribution < -0.4 is 20.9 Å². The molecule has 0 aliphatic carbocycles. The number of anilines is 1. The van der Waals surface area contributed by atoms with Crippen molar-refractivity contribution in [2.75, 3.05) is 24.5 Å². The first-order valence-electron chi connectivity index (χ1n) is 9.24. The number of hydrogen-bond acceptors (Lipinski definition) is 4. The fourth-order valence-electron chi connectivity index (χ4n) is 2.53. The maximum Gasteiger partial charge on any atom is 0.315 e. The van der Waals surface area contributed by atoms with Gasteiger partial charge in [-0.25, -0.2) is 14.2 Å². The van der Waals surface area contributed by atoms with Gasteiger partial charge in [0.25, 0.3) is 0 Å². The maximum absolute atomic E-state index is 12.8. The zero-order valence-electron chi connectivity index (χ0n) is 16.2. The minimum atomic E-state index is -0.468. The third-order valence-electron chi connectivity index (χ3n) is 4.16. The summed E-state index contributed by atoms with van der Waals surface area (Å²) in [5.74, 6) is 0.270. The average molecular weight is 387 g/mol. The van der Waals surface area contributed by atoms with E-state index < -0.39 is 6.03 Å². The Morgan fingerprint density at radius 2 is 1.57 bits per heavy atom. The highest BCUT2D eigenvalue weighted by molar-refractivity contribution is 5.83. The highest BCUT2D eigenvalue weighted by atomic mass is 19.1. The molecule has 7 nitrogen and oxygen atoms in total. The van der Waals surface area contributed by atoms with E-state index in [1.165, 1.54) is 12.1 Å². The van der Waals surface area contributed by atoms with E-state index in [9.17, 15) is 14.0 Å². The van der Waals surface area contributed by atoms with E-state index in [1.54, 1.807) is 18.3 Å². The van der Waals surface area contributed by atoms with Gasteiger partial charge in [0.15, 0.2) is 0 Å². The van der Waals surface area contributed by atoms with Crippen LogP contribution in [-0.4, -0.2) is 36.6 Å². The SMILES string of the molecule is CCN(CC)c1ccc(CNC(=O)CNC(=O)NCc2ccc(F)cc2)cn1. The molecule has 3 N–H and O–H groups in total. The van der Waals surface area contributed by atoms with Gasteiger partial charge < -0.3 is 20.9 Å². The molecule has 1 aromatic carbocycles. The van der Waals surface area contributed by atoms with Gasteiger partial charge in [-0.3, -0.25) is 4.79 Å². The largest absolute Gasteiger partial charge is 0.357 e. The Morgan fingerprint density at radius 1 is 0.929 bits per heavy atom. The number of rotatable bonds is 9. The number of amides is 3. The van der Waals surface area contributed by atoms with E-state index in [2.05, 4.69) is 39.7 Å². The summed E-state index contributed by atoms with van der Waals surface area (Å²) < 4.78 is 12.8. The molecule has 3 amide bonds. The highest BCUT2D eigenvalue weighted by Crippen LogP contribution is 2.10. The molecule has 28 heavy (non-hydrogen) atoms. The standard InChI is InChI=1S/C20H26FN5O2/c1-3-26(4-2)18-10-7-16(12-22-18)13-23-19(27)14-25-20(28)24-11-15-5-8-17(21)9-6-15/h5-10,12H,3-4,11,13-14H2,1-2H3,(H,23,27)(H2,24,25,28). The third kappa shape index (κ3) is 6.86. The van der Waals surface area contributed by atoms with Crippen LogP contribution in [0.1, 0.15) is 25.0 Å². The van der Waals surface area contributed by atoms with Crippen molar-refractivity contribution in [3.8, 4) is 0 Å². The molecule has 1 heterocycles. The van der Waals surface area contributed by atoms with Gasteiger partial charge in [0.05, 0.1) is 6.54 Å². The molecular weight excluding hydrogens is 361 g/mol. The normalized spacial score (nSPS) is 10.2. The quantitative estimate of drug-likeness (QED) is 0.616. The van der Waals surface area contributed by atoms with Crippen molar-refractivity contribution in [3.63, 3.8) is 0 Å². The monoisotopic (exact) mass is 387 g/mol. The Balaban J connectivity index is 1.67. The summed E-state index contributed by atoms with van der Waals surface area (Å²) in [5.41, 5.74) is 1.65. The molecule has 2 rings (SSSR count). The molecule has 8 heteroatoms. The van der Waals surface area contributed by atoms with Gasteiger partial charge in [0.1, 0.15) is 11.6 Å². The number of pyridine rings is 1. The van der Waals surface area contributed by atoms with Crippen LogP contribution in [0.4, 0.5) is 15.0 Å². The number of hydrogen-bond donors (Lipinski definition) is 3. The fraction of sp³-hybridized carbons (Fsp3) is 0.350. The van der Waals surface area contributed by atoms with Crippen molar-refractivity contribution in [1.29, 1.82) is 0 Å². The number of aromatic nitrogens is 1. The predicted molar refractivity (Wildman–Crippen MR) is 106 cm³/mol. The summed E-state index contributed by atoms with van der Waals surface area (Å²) in [5, 5.41) is 7.82. The Labute approximate surface area is 164 Å². The van der Waals surface area contributed by atoms with Crippen LogP contribution in [0.2, 0.25) is 0 Å². The molecule has 0 spiro atoms. The lowest BCUT2D eigenvalue weighted by Gasteiger charge is -2.19. The van der Waals surface area contributed by atoms with Crippen molar-refractivity contribution in [3.05, 3.63) is 59.5 Å². The van der Waals surface area contributed by atoms with Gasteiger partial charge in [0.2, 0.25) is 5.91 Å². The number of nitrogens with zero attached hydrogens (tertiary/aromatic N) is 2. The lowest BCUT2D eigenvalue weighted by atomic mass is 10.2. The summed E-state index contributed by atoms with van der Waals surface area (Å²) in [6.45, 7) is 6.36. The van der Waals surface area contributed by atoms with E-state index in [0.29, 0.717) is 6.54 Å². The maximum atomic E-state index is 12.8. The van der Waals surface area contributed by atoms with Crippen molar-refractivity contribution in [2.24, 2.45) is 0 Å². The minimum Gasteiger partial charge on any atom is -0.357 e. The zero-order chi connectivity index (χ0) is 20.4. The summed E-state index contributed by atoms with van der Waals surface area (Å²) >= 11 is 0. The summed E-state index contributed by atoms with van der Waals surface area (Å²) in [6, 6.07) is 9.20. The predicted octanol–water partition coefficient (Wildman–Crippen LogP) is 2.18. The Hall–Kier alpha value is -3.16. The Bertz CT molecular complexity index is 761. The molecule has 2 aromatic rings. The molecule has 0 saturated carbocycles. The van der Waals surface area contributed by atoms with E-state index in [1.807, 2.05) is 12.1 Å². The van der Waals surface area contributed by atoms with Gasteiger partial charge >= 0.3 is 6.03 Å². The van der Waals surface area contributed by atoms with Gasteiger partial charge in [-0.15, -0.1) is 0 Å². The molecule has 0 aliphatic rings. The lowest BCUT2D eigenvalue weighted by Crippen LogP contribution is -2.41. The zero-order valence-corrected chi connectivity index (χ0v) is 16.2. The third-order valence-corrected chi connectivity index (χ3v) is 4.16. The van der Waals surface area contributed by atoms with Crippen molar-refractivity contribution in [1.82, 2.24) is 20.9 Å². The van der Waals surface area contributed by atoms with Crippen LogP contribution in [0.5, 0.6) is 0 Å². The first-order valence-corrected chi connectivity index (χ1v) is 9.24. The summed E-state index contributed by atoms with van der Waals surface area (Å²) in [4.78, 5) is 30.1. The topological polar surface area (TPSA) is 86.4 Å². The van der Waals surface area contributed by atoms with E-state index >= 15 is 0 Å². The Kier molecular flexibility index (Phi) is 8.20. The lowest BCUT2D eigenvalue weighted by molar-refractivity contribution is -0.120. The number of halogens is 1. The molecule has 0 aliphatic heterocycles. The second-order valence-corrected chi connectivity index (χ2v) is 6.14. The van der Waals surface area contributed by atoms with Gasteiger partial charge in [-0.1, -0.05) is 18.2 Å². The molecule has 0 atom stereocenters. The molecule has 0 fully saturated rings. The number of carbonyl (C=O) groups is 2. The number of carbonyl (C=O) groups excluding carboxylic acids is 2. The van der Waals surface area contributed by atoms with Crippen LogP contribution in [0, 0.1) is 5.82 Å². The molecule has 0 radical (unpaired) electrons. The summed E-state index contributed by atoms with van der Waals surface area (Å²) in [7, 11) is 0. The van der Waals surface area contributed by atoms with Crippen LogP contribution in [-0.2, 0) is 17.9 Å². The molecule has 0 unspecified atom stereocenters. The van der Waals surface area contributed by atoms with Crippen LogP contribution in [0.15, 0.2) is 42.6 Å².